The lowest BCUT2D eigenvalue weighted by molar-refractivity contribution is 0.0792. The van der Waals surface area contributed by atoms with Gasteiger partial charge >= 0.3 is 0 Å². The van der Waals surface area contributed by atoms with Gasteiger partial charge in [-0.25, -0.2) is 22.2 Å². The van der Waals surface area contributed by atoms with Crippen molar-refractivity contribution in [2.45, 2.75) is 23.8 Å². The summed E-state index contributed by atoms with van der Waals surface area (Å²) in [6, 6.07) is 10.3. The van der Waals surface area contributed by atoms with Gasteiger partial charge in [0.1, 0.15) is 5.69 Å². The highest BCUT2D eigenvalue weighted by molar-refractivity contribution is 7.91. The van der Waals surface area contributed by atoms with Crippen molar-refractivity contribution in [1.29, 1.82) is 0 Å². The SMILES string of the molecule is O=C(NC1CCS(=O)(=O)c2ccccc21)c1cccc(OCC(F)F)n1. The minimum atomic E-state index is -3.36. The maximum Gasteiger partial charge on any atom is 0.272 e. The lowest BCUT2D eigenvalue weighted by atomic mass is 10.0. The lowest BCUT2D eigenvalue weighted by Gasteiger charge is -2.26. The number of hydrogen-bond donors (Lipinski definition) is 1. The number of halogens is 2. The number of amides is 1. The molecule has 26 heavy (non-hydrogen) atoms. The van der Waals surface area contributed by atoms with E-state index in [1.807, 2.05) is 0 Å². The van der Waals surface area contributed by atoms with E-state index in [2.05, 4.69) is 10.3 Å². The van der Waals surface area contributed by atoms with Crippen LogP contribution in [0, 0.1) is 0 Å². The number of carbonyl (C=O) groups is 1. The standard InChI is InChI=1S/C17H16F2N2O4S/c18-15(19)10-25-16-7-3-5-13(20-16)17(22)21-12-8-9-26(23,24)14-6-2-1-4-11(12)14/h1-7,12,15H,8-10H2,(H,21,22). The lowest BCUT2D eigenvalue weighted by Crippen LogP contribution is -2.34. The summed E-state index contributed by atoms with van der Waals surface area (Å²) in [5.74, 6) is -0.684. The number of fused-ring (bicyclic) bond motifs is 1. The van der Waals surface area contributed by atoms with Crippen molar-refractivity contribution in [2.24, 2.45) is 0 Å². The van der Waals surface area contributed by atoms with Crippen LogP contribution in [0.25, 0.3) is 0 Å². The van der Waals surface area contributed by atoms with Gasteiger partial charge in [0, 0.05) is 6.07 Å². The van der Waals surface area contributed by atoms with Crippen LogP contribution in [0.3, 0.4) is 0 Å². The number of aromatic nitrogens is 1. The highest BCUT2D eigenvalue weighted by Gasteiger charge is 2.31. The quantitative estimate of drug-likeness (QED) is 0.858. The van der Waals surface area contributed by atoms with Crippen LogP contribution >= 0.6 is 0 Å². The Hall–Kier alpha value is -2.55. The van der Waals surface area contributed by atoms with Gasteiger partial charge in [0.05, 0.1) is 16.7 Å². The number of alkyl halides is 2. The molecule has 138 valence electrons. The van der Waals surface area contributed by atoms with E-state index >= 15 is 0 Å². The van der Waals surface area contributed by atoms with Gasteiger partial charge in [-0.3, -0.25) is 4.79 Å². The van der Waals surface area contributed by atoms with E-state index in [1.165, 1.54) is 24.3 Å². The summed E-state index contributed by atoms with van der Waals surface area (Å²) in [4.78, 5) is 16.6. The third kappa shape index (κ3) is 3.98. The molecule has 0 fully saturated rings. The van der Waals surface area contributed by atoms with Crippen LogP contribution in [0.2, 0.25) is 0 Å². The first-order chi connectivity index (χ1) is 12.4. The molecule has 1 aliphatic rings. The molecule has 0 bridgehead atoms. The van der Waals surface area contributed by atoms with Crippen LogP contribution < -0.4 is 10.1 Å². The zero-order chi connectivity index (χ0) is 18.7. The normalized spacial score (nSPS) is 18.2. The third-order valence-electron chi connectivity index (χ3n) is 3.92. The van der Waals surface area contributed by atoms with Crippen molar-refractivity contribution in [3.05, 3.63) is 53.7 Å². The van der Waals surface area contributed by atoms with Crippen molar-refractivity contribution < 1.29 is 26.7 Å². The van der Waals surface area contributed by atoms with Gasteiger partial charge in [0.25, 0.3) is 12.3 Å². The highest BCUT2D eigenvalue weighted by Crippen LogP contribution is 2.32. The van der Waals surface area contributed by atoms with E-state index in [0.717, 1.165) is 0 Å². The second-order valence-corrected chi connectivity index (χ2v) is 7.81. The van der Waals surface area contributed by atoms with Crippen LogP contribution in [0.1, 0.15) is 28.5 Å². The number of benzene rings is 1. The van der Waals surface area contributed by atoms with Crippen molar-refractivity contribution >= 4 is 15.7 Å². The summed E-state index contributed by atoms with van der Waals surface area (Å²) in [5, 5.41) is 2.75. The maximum absolute atomic E-state index is 12.4. The first kappa shape index (κ1) is 18.2. The van der Waals surface area contributed by atoms with E-state index in [4.69, 9.17) is 4.74 Å². The highest BCUT2D eigenvalue weighted by atomic mass is 32.2. The van der Waals surface area contributed by atoms with Crippen molar-refractivity contribution in [2.75, 3.05) is 12.4 Å². The van der Waals surface area contributed by atoms with Gasteiger partial charge in [0.15, 0.2) is 16.4 Å². The van der Waals surface area contributed by atoms with Crippen LogP contribution in [0.4, 0.5) is 8.78 Å². The minimum absolute atomic E-state index is 0.00248. The average molecular weight is 382 g/mol. The van der Waals surface area contributed by atoms with Gasteiger partial charge < -0.3 is 10.1 Å². The number of rotatable bonds is 5. The van der Waals surface area contributed by atoms with Gasteiger partial charge in [0.2, 0.25) is 5.88 Å². The van der Waals surface area contributed by atoms with E-state index in [9.17, 15) is 22.0 Å². The molecule has 2 aromatic rings. The average Bonchev–Trinajstić information content (AvgIpc) is 2.63. The van der Waals surface area contributed by atoms with Gasteiger partial charge in [-0.05, 0) is 24.1 Å². The molecule has 1 unspecified atom stereocenters. The molecule has 0 spiro atoms. The molecule has 0 saturated carbocycles. The predicted molar refractivity (Wildman–Crippen MR) is 89.1 cm³/mol. The molecule has 1 aromatic carbocycles. The van der Waals surface area contributed by atoms with E-state index < -0.39 is 34.8 Å². The molecule has 1 N–H and O–H groups in total. The molecule has 0 aliphatic carbocycles. The number of pyridine rings is 1. The zero-order valence-electron chi connectivity index (χ0n) is 13.6. The molecule has 2 heterocycles. The number of ether oxygens (including phenoxy) is 1. The Morgan fingerprint density at radius 2 is 2.00 bits per heavy atom. The predicted octanol–water partition coefficient (Wildman–Crippen LogP) is 2.37. The molecule has 1 aromatic heterocycles. The first-order valence-electron chi connectivity index (χ1n) is 7.87. The van der Waals surface area contributed by atoms with Crippen molar-refractivity contribution in [1.82, 2.24) is 10.3 Å². The van der Waals surface area contributed by atoms with Crippen molar-refractivity contribution in [3.63, 3.8) is 0 Å². The molecule has 9 heteroatoms. The largest absolute Gasteiger partial charge is 0.472 e. The Morgan fingerprint density at radius 3 is 2.77 bits per heavy atom. The summed E-state index contributed by atoms with van der Waals surface area (Å²) < 4.78 is 53.5. The van der Waals surface area contributed by atoms with E-state index in [1.54, 1.807) is 18.2 Å². The van der Waals surface area contributed by atoms with Crippen LogP contribution in [-0.2, 0) is 9.84 Å². The van der Waals surface area contributed by atoms with Gasteiger partial charge in [-0.15, -0.1) is 0 Å². The summed E-state index contributed by atoms with van der Waals surface area (Å²) in [5.41, 5.74) is 0.528. The smallest absolute Gasteiger partial charge is 0.272 e. The van der Waals surface area contributed by atoms with Gasteiger partial charge in [-0.1, -0.05) is 24.3 Å². The molecule has 1 amide bonds. The second kappa shape index (κ2) is 7.36. The Labute approximate surface area is 149 Å². The van der Waals surface area contributed by atoms with Crippen LogP contribution in [0.15, 0.2) is 47.4 Å². The summed E-state index contributed by atoms with van der Waals surface area (Å²) >= 11 is 0. The summed E-state index contributed by atoms with van der Waals surface area (Å²) in [7, 11) is -3.36. The molecule has 3 rings (SSSR count). The first-order valence-corrected chi connectivity index (χ1v) is 9.52. The van der Waals surface area contributed by atoms with Crippen LogP contribution in [-0.4, -0.2) is 38.1 Å². The fourth-order valence-corrected chi connectivity index (χ4v) is 4.36. The van der Waals surface area contributed by atoms with E-state index in [0.29, 0.717) is 5.56 Å². The van der Waals surface area contributed by atoms with Crippen molar-refractivity contribution in [3.8, 4) is 5.88 Å². The molecule has 1 atom stereocenters. The zero-order valence-corrected chi connectivity index (χ0v) is 14.4. The molecule has 0 radical (unpaired) electrons. The number of hydrogen-bond acceptors (Lipinski definition) is 5. The number of sulfone groups is 1. The number of nitrogens with one attached hydrogen (secondary N) is 1. The minimum Gasteiger partial charge on any atom is -0.472 e. The Kier molecular flexibility index (Phi) is 5.17. The topological polar surface area (TPSA) is 85.4 Å². The fourth-order valence-electron chi connectivity index (χ4n) is 2.74. The molecular weight excluding hydrogens is 366 g/mol. The molecule has 1 aliphatic heterocycles. The van der Waals surface area contributed by atoms with E-state index in [-0.39, 0.29) is 28.6 Å². The fraction of sp³-hybridized carbons (Fsp3) is 0.294. The monoisotopic (exact) mass is 382 g/mol. The number of carbonyl (C=O) groups excluding carboxylic acids is 1. The van der Waals surface area contributed by atoms with Gasteiger partial charge in [-0.2, -0.15) is 0 Å². The maximum atomic E-state index is 12.4. The Morgan fingerprint density at radius 1 is 1.23 bits per heavy atom. The Bertz CT molecular complexity index is 918. The number of nitrogens with zero attached hydrogens (tertiary/aromatic N) is 1. The molecular formula is C17H16F2N2O4S. The second-order valence-electron chi connectivity index (χ2n) is 5.73. The molecule has 0 saturated heterocycles. The van der Waals surface area contributed by atoms with Crippen LogP contribution in [0.5, 0.6) is 5.88 Å². The Balaban J connectivity index is 1.78. The summed E-state index contributed by atoms with van der Waals surface area (Å²) in [6.07, 6.45) is -2.40. The molecule has 6 nitrogen and oxygen atoms in total. The third-order valence-corrected chi connectivity index (χ3v) is 5.74. The summed E-state index contributed by atoms with van der Waals surface area (Å²) in [6.45, 7) is -0.814.